The molecule has 0 fully saturated rings. The summed E-state index contributed by atoms with van der Waals surface area (Å²) in [5, 5.41) is 18.1. The summed E-state index contributed by atoms with van der Waals surface area (Å²) in [7, 11) is 0. The topological polar surface area (TPSA) is 57.5 Å². The average molecular weight is 279 g/mol. The summed E-state index contributed by atoms with van der Waals surface area (Å²) in [6.07, 6.45) is -3.44. The molecule has 0 aliphatic rings. The largest absolute Gasteiger partial charge is 0.479 e. The van der Waals surface area contributed by atoms with E-state index in [1.807, 2.05) is 0 Å². The summed E-state index contributed by atoms with van der Waals surface area (Å²) in [6, 6.07) is 3.72. The van der Waals surface area contributed by atoms with E-state index >= 15 is 0 Å². The van der Waals surface area contributed by atoms with Crippen molar-refractivity contribution in [2.45, 2.75) is 25.4 Å². The number of alkyl halides is 3. The number of aliphatic hydroxyl groups excluding tert-OH is 1. The van der Waals surface area contributed by atoms with E-state index in [4.69, 9.17) is 16.7 Å². The summed E-state index contributed by atoms with van der Waals surface area (Å²) in [4.78, 5) is 10.6. The number of aliphatic carboxylic acids is 1. The van der Waals surface area contributed by atoms with Crippen molar-refractivity contribution in [1.29, 1.82) is 0 Å². The van der Waals surface area contributed by atoms with Crippen molar-refractivity contribution in [2.75, 3.05) is 5.88 Å². The predicted molar refractivity (Wildman–Crippen MR) is 63.0 cm³/mol. The third kappa shape index (κ3) is 3.92. The highest BCUT2D eigenvalue weighted by molar-refractivity contribution is 6.17. The zero-order valence-electron chi connectivity index (χ0n) is 9.44. The second-order valence-electron chi connectivity index (χ2n) is 3.84. The average Bonchev–Trinajstić information content (AvgIpc) is 2.34. The molecular formula is C12H13ClF2O3. The number of hydrogen-bond acceptors (Lipinski definition) is 2. The van der Waals surface area contributed by atoms with Crippen LogP contribution in [0.2, 0.25) is 0 Å². The molecule has 0 radical (unpaired) electrons. The van der Waals surface area contributed by atoms with E-state index in [0.717, 1.165) is 6.07 Å². The molecule has 100 valence electrons. The lowest BCUT2D eigenvalue weighted by atomic mass is 9.99. The van der Waals surface area contributed by atoms with Crippen molar-refractivity contribution < 1.29 is 23.8 Å². The van der Waals surface area contributed by atoms with Crippen molar-refractivity contribution in [3.63, 3.8) is 0 Å². The number of carboxylic acid groups (broad SMARTS) is 1. The first-order valence-electron chi connectivity index (χ1n) is 5.34. The smallest absolute Gasteiger partial charge is 0.337 e. The van der Waals surface area contributed by atoms with Crippen LogP contribution in [0.15, 0.2) is 18.2 Å². The van der Waals surface area contributed by atoms with Crippen LogP contribution in [-0.2, 0) is 11.2 Å². The van der Waals surface area contributed by atoms with E-state index in [-0.39, 0.29) is 11.1 Å². The molecule has 0 amide bonds. The van der Waals surface area contributed by atoms with Crippen LogP contribution < -0.4 is 0 Å². The number of aliphatic hydroxyl groups is 1. The van der Waals surface area contributed by atoms with Crippen molar-refractivity contribution in [3.8, 4) is 0 Å². The third-order valence-electron chi connectivity index (χ3n) is 2.44. The molecule has 1 atom stereocenters. The number of hydrogen-bond donors (Lipinski definition) is 2. The fourth-order valence-electron chi connectivity index (χ4n) is 1.59. The molecule has 1 unspecified atom stereocenters. The predicted octanol–water partition coefficient (Wildman–Crippen LogP) is 2.91. The first-order chi connectivity index (χ1) is 8.45. The van der Waals surface area contributed by atoms with Crippen molar-refractivity contribution >= 4 is 17.6 Å². The third-order valence-corrected chi connectivity index (χ3v) is 2.71. The molecule has 0 bridgehead atoms. The van der Waals surface area contributed by atoms with Gasteiger partial charge in [0.25, 0.3) is 6.43 Å². The second kappa shape index (κ2) is 6.66. The highest BCUT2D eigenvalue weighted by atomic mass is 35.5. The van der Waals surface area contributed by atoms with E-state index in [9.17, 15) is 18.7 Å². The first-order valence-corrected chi connectivity index (χ1v) is 5.88. The van der Waals surface area contributed by atoms with Crippen LogP contribution >= 0.6 is 11.6 Å². The highest BCUT2D eigenvalue weighted by Gasteiger charge is 2.19. The molecule has 3 nitrogen and oxygen atoms in total. The lowest BCUT2D eigenvalue weighted by Gasteiger charge is -2.11. The normalized spacial score (nSPS) is 12.7. The number of aryl methyl sites for hydroxylation is 1. The minimum absolute atomic E-state index is 0.0372. The van der Waals surface area contributed by atoms with E-state index in [1.165, 1.54) is 12.1 Å². The Morgan fingerprint density at radius 3 is 2.39 bits per heavy atom. The lowest BCUT2D eigenvalue weighted by molar-refractivity contribution is -0.146. The number of benzene rings is 1. The molecule has 0 aliphatic carbocycles. The van der Waals surface area contributed by atoms with Crippen LogP contribution in [-0.4, -0.2) is 22.1 Å². The monoisotopic (exact) mass is 278 g/mol. The maximum absolute atomic E-state index is 12.7. The highest BCUT2D eigenvalue weighted by Crippen LogP contribution is 2.25. The Labute approximate surface area is 108 Å². The van der Waals surface area contributed by atoms with Crippen LogP contribution in [0.25, 0.3) is 0 Å². The van der Waals surface area contributed by atoms with Crippen molar-refractivity contribution in [1.82, 2.24) is 0 Å². The van der Waals surface area contributed by atoms with E-state index in [0.29, 0.717) is 24.3 Å². The maximum atomic E-state index is 12.7. The van der Waals surface area contributed by atoms with Gasteiger partial charge in [0, 0.05) is 11.4 Å². The number of halogens is 3. The van der Waals surface area contributed by atoms with Gasteiger partial charge in [0.1, 0.15) is 0 Å². The molecule has 0 saturated heterocycles. The van der Waals surface area contributed by atoms with E-state index < -0.39 is 18.5 Å². The molecule has 0 aromatic heterocycles. The van der Waals surface area contributed by atoms with Gasteiger partial charge < -0.3 is 10.2 Å². The number of carboxylic acids is 1. The molecule has 18 heavy (non-hydrogen) atoms. The Balaban J connectivity index is 3.09. The molecule has 1 aromatic carbocycles. The molecule has 1 aromatic rings. The fourth-order valence-corrected chi connectivity index (χ4v) is 1.72. The second-order valence-corrected chi connectivity index (χ2v) is 4.22. The van der Waals surface area contributed by atoms with Gasteiger partial charge in [-0.05, 0) is 30.0 Å². The zero-order valence-corrected chi connectivity index (χ0v) is 10.2. The quantitative estimate of drug-likeness (QED) is 0.787. The first kappa shape index (κ1) is 14.9. The van der Waals surface area contributed by atoms with Gasteiger partial charge in [0.05, 0.1) is 0 Å². The van der Waals surface area contributed by atoms with Gasteiger partial charge >= 0.3 is 5.97 Å². The number of rotatable bonds is 6. The molecular weight excluding hydrogens is 266 g/mol. The lowest BCUT2D eigenvalue weighted by Crippen LogP contribution is -2.11. The zero-order chi connectivity index (χ0) is 13.7. The minimum Gasteiger partial charge on any atom is -0.479 e. The summed E-state index contributed by atoms with van der Waals surface area (Å²) in [5.41, 5.74) is 0.214. The van der Waals surface area contributed by atoms with Gasteiger partial charge in [-0.25, -0.2) is 13.6 Å². The molecule has 0 saturated carbocycles. The molecule has 0 heterocycles. The van der Waals surface area contributed by atoms with Crippen LogP contribution in [0.5, 0.6) is 0 Å². The van der Waals surface area contributed by atoms with Crippen molar-refractivity contribution in [2.24, 2.45) is 0 Å². The van der Waals surface area contributed by atoms with Gasteiger partial charge in [-0.15, -0.1) is 11.6 Å². The summed E-state index contributed by atoms with van der Waals surface area (Å²) < 4.78 is 25.3. The van der Waals surface area contributed by atoms with Crippen LogP contribution in [0.4, 0.5) is 8.78 Å². The van der Waals surface area contributed by atoms with Gasteiger partial charge in [0.2, 0.25) is 0 Å². The molecule has 0 aliphatic heterocycles. The summed E-state index contributed by atoms with van der Waals surface area (Å²) >= 11 is 5.51. The van der Waals surface area contributed by atoms with Gasteiger partial charge in [-0.1, -0.05) is 12.1 Å². The van der Waals surface area contributed by atoms with Gasteiger partial charge in [-0.3, -0.25) is 0 Å². The number of carbonyl (C=O) groups is 1. The molecule has 1 rings (SSSR count). The maximum Gasteiger partial charge on any atom is 0.337 e. The molecule has 6 heteroatoms. The van der Waals surface area contributed by atoms with Crippen LogP contribution in [0.1, 0.15) is 35.6 Å². The van der Waals surface area contributed by atoms with E-state index in [1.54, 1.807) is 0 Å². The van der Waals surface area contributed by atoms with Gasteiger partial charge in [0.15, 0.2) is 6.10 Å². The van der Waals surface area contributed by atoms with Crippen molar-refractivity contribution in [3.05, 3.63) is 34.9 Å². The summed E-state index contributed by atoms with van der Waals surface area (Å²) in [5.74, 6) is -1.08. The SMILES string of the molecule is O=C(O)C(O)c1cc(CCCCl)cc(C(F)F)c1. The Morgan fingerprint density at radius 2 is 1.89 bits per heavy atom. The standard InChI is InChI=1S/C12H13ClF2O3/c13-3-1-2-7-4-8(10(16)12(17)18)6-9(5-7)11(14)15/h4-6,10-11,16H,1-3H2,(H,17,18). The Hall–Kier alpha value is -1.20. The molecule has 2 N–H and O–H groups in total. The minimum atomic E-state index is -2.71. The Bertz CT molecular complexity index is 424. The Kier molecular flexibility index (Phi) is 5.50. The van der Waals surface area contributed by atoms with Crippen LogP contribution in [0, 0.1) is 0 Å². The van der Waals surface area contributed by atoms with E-state index in [2.05, 4.69) is 0 Å². The summed E-state index contributed by atoms with van der Waals surface area (Å²) in [6.45, 7) is 0. The fraction of sp³-hybridized carbons (Fsp3) is 0.417. The van der Waals surface area contributed by atoms with Crippen LogP contribution in [0.3, 0.4) is 0 Å². The Morgan fingerprint density at radius 1 is 1.28 bits per heavy atom. The molecule has 0 spiro atoms. The van der Waals surface area contributed by atoms with Gasteiger partial charge in [-0.2, -0.15) is 0 Å².